The average Bonchev–Trinajstić information content (AvgIpc) is 2.69. The topological polar surface area (TPSA) is 104 Å². The molecular weight excluding hydrogens is 402 g/mol. The molecule has 0 atom stereocenters. The van der Waals surface area contributed by atoms with E-state index in [0.29, 0.717) is 22.3 Å². The number of esters is 1. The summed E-state index contributed by atoms with van der Waals surface area (Å²) in [5.74, 6) is 0.304. The van der Waals surface area contributed by atoms with Gasteiger partial charge in [0, 0.05) is 22.9 Å². The maximum absolute atomic E-state index is 12.5. The van der Waals surface area contributed by atoms with Gasteiger partial charge < -0.3 is 23.9 Å². The third kappa shape index (κ3) is 5.14. The highest BCUT2D eigenvalue weighted by Crippen LogP contribution is 2.32. The maximum Gasteiger partial charge on any atom is 0.407 e. The predicted molar refractivity (Wildman–Crippen MR) is 116 cm³/mol. The lowest BCUT2D eigenvalue weighted by Gasteiger charge is -2.19. The number of fused-ring (bicyclic) bond motifs is 3. The molecule has 0 bridgehead atoms. The standard InChI is InChI=1S/C23H25NO7/c1-13-18(29-19(25)10-11-24-22(27)31-23(2,3)4)9-8-16-15-7-6-14(28-5)12-17(15)21(26)30-20(13)16/h6-9,12H,10-11H2,1-5H3,(H,24,27). The largest absolute Gasteiger partial charge is 0.497 e. The first kappa shape index (κ1) is 22.1. The number of carbonyl (C=O) groups is 2. The molecule has 3 rings (SSSR count). The molecule has 0 radical (unpaired) electrons. The van der Waals surface area contributed by atoms with Crippen molar-refractivity contribution in [3.63, 3.8) is 0 Å². The van der Waals surface area contributed by atoms with E-state index in [0.717, 1.165) is 10.8 Å². The number of amides is 1. The van der Waals surface area contributed by atoms with Gasteiger partial charge in [-0.2, -0.15) is 0 Å². The molecule has 0 saturated heterocycles. The Morgan fingerprint density at radius 1 is 1.06 bits per heavy atom. The van der Waals surface area contributed by atoms with E-state index in [1.807, 2.05) is 0 Å². The van der Waals surface area contributed by atoms with E-state index in [9.17, 15) is 14.4 Å². The van der Waals surface area contributed by atoms with Crippen molar-refractivity contribution in [2.75, 3.05) is 13.7 Å². The van der Waals surface area contributed by atoms with Crippen LogP contribution in [0.15, 0.2) is 39.5 Å². The lowest BCUT2D eigenvalue weighted by molar-refractivity contribution is -0.134. The molecule has 31 heavy (non-hydrogen) atoms. The highest BCUT2D eigenvalue weighted by molar-refractivity contribution is 6.06. The molecule has 0 saturated carbocycles. The highest BCUT2D eigenvalue weighted by Gasteiger charge is 2.17. The van der Waals surface area contributed by atoms with E-state index < -0.39 is 23.3 Å². The number of ether oxygens (including phenoxy) is 3. The lowest BCUT2D eigenvalue weighted by Crippen LogP contribution is -2.34. The summed E-state index contributed by atoms with van der Waals surface area (Å²) in [4.78, 5) is 36.3. The van der Waals surface area contributed by atoms with Crippen LogP contribution < -0.4 is 20.4 Å². The number of hydrogen-bond donors (Lipinski definition) is 1. The van der Waals surface area contributed by atoms with Crippen molar-refractivity contribution in [2.24, 2.45) is 0 Å². The van der Waals surface area contributed by atoms with Gasteiger partial charge in [0.15, 0.2) is 0 Å². The number of aryl methyl sites for hydroxylation is 1. The average molecular weight is 427 g/mol. The van der Waals surface area contributed by atoms with Crippen LogP contribution in [0.25, 0.3) is 21.7 Å². The molecule has 0 unspecified atom stereocenters. The van der Waals surface area contributed by atoms with Gasteiger partial charge in [-0.15, -0.1) is 0 Å². The van der Waals surface area contributed by atoms with Gasteiger partial charge in [-0.25, -0.2) is 9.59 Å². The van der Waals surface area contributed by atoms with Crippen molar-refractivity contribution in [2.45, 2.75) is 39.7 Å². The monoisotopic (exact) mass is 427 g/mol. The van der Waals surface area contributed by atoms with Crippen LogP contribution in [0.3, 0.4) is 0 Å². The molecule has 0 spiro atoms. The zero-order valence-electron chi connectivity index (χ0n) is 18.2. The molecule has 164 valence electrons. The Labute approximate surface area is 179 Å². The number of nitrogens with one attached hydrogen (secondary N) is 1. The van der Waals surface area contributed by atoms with E-state index in [-0.39, 0.29) is 18.7 Å². The number of hydrogen-bond acceptors (Lipinski definition) is 7. The van der Waals surface area contributed by atoms with Crippen molar-refractivity contribution < 1.29 is 28.2 Å². The summed E-state index contributed by atoms with van der Waals surface area (Å²) in [6.45, 7) is 7.04. The van der Waals surface area contributed by atoms with Crippen LogP contribution >= 0.6 is 0 Å². The molecule has 1 amide bonds. The molecule has 0 aliphatic rings. The third-order valence-corrected chi connectivity index (χ3v) is 4.51. The van der Waals surface area contributed by atoms with Crippen LogP contribution in [0.2, 0.25) is 0 Å². The molecule has 1 heterocycles. The Morgan fingerprint density at radius 2 is 1.77 bits per heavy atom. The molecule has 8 nitrogen and oxygen atoms in total. The van der Waals surface area contributed by atoms with E-state index in [4.69, 9.17) is 18.6 Å². The summed E-state index contributed by atoms with van der Waals surface area (Å²) in [6.07, 6.45) is -0.648. The van der Waals surface area contributed by atoms with Crippen molar-refractivity contribution in [3.05, 3.63) is 46.3 Å². The molecule has 0 fully saturated rings. The molecule has 1 N–H and O–H groups in total. The van der Waals surface area contributed by atoms with Gasteiger partial charge in [0.25, 0.3) is 0 Å². The Bertz CT molecular complexity index is 1200. The highest BCUT2D eigenvalue weighted by atomic mass is 16.6. The third-order valence-electron chi connectivity index (χ3n) is 4.51. The van der Waals surface area contributed by atoms with E-state index in [1.165, 1.54) is 7.11 Å². The minimum absolute atomic E-state index is 0.0435. The van der Waals surface area contributed by atoms with Crippen LogP contribution in [-0.2, 0) is 9.53 Å². The molecule has 2 aromatic carbocycles. The van der Waals surface area contributed by atoms with Crippen LogP contribution in [0.4, 0.5) is 4.79 Å². The second-order valence-corrected chi connectivity index (χ2v) is 8.02. The summed E-state index contributed by atoms with van der Waals surface area (Å²) >= 11 is 0. The van der Waals surface area contributed by atoms with Crippen LogP contribution in [0.1, 0.15) is 32.8 Å². The fraction of sp³-hybridized carbons (Fsp3) is 0.348. The van der Waals surface area contributed by atoms with E-state index >= 15 is 0 Å². The van der Waals surface area contributed by atoms with Crippen molar-refractivity contribution >= 4 is 33.8 Å². The van der Waals surface area contributed by atoms with Crippen molar-refractivity contribution in [1.82, 2.24) is 5.32 Å². The quantitative estimate of drug-likeness (QED) is 0.283. The summed E-state index contributed by atoms with van der Waals surface area (Å²) in [6, 6.07) is 8.58. The number of alkyl carbamates (subject to hydrolysis) is 1. The summed E-state index contributed by atoms with van der Waals surface area (Å²) < 4.78 is 21.2. The first-order valence-corrected chi connectivity index (χ1v) is 9.81. The van der Waals surface area contributed by atoms with Crippen LogP contribution in [0.5, 0.6) is 11.5 Å². The summed E-state index contributed by atoms with van der Waals surface area (Å²) in [5.41, 5.74) is -0.249. The fourth-order valence-electron chi connectivity index (χ4n) is 3.08. The van der Waals surface area contributed by atoms with Gasteiger partial charge in [0.05, 0.1) is 18.9 Å². The van der Waals surface area contributed by atoms with Crippen molar-refractivity contribution in [1.29, 1.82) is 0 Å². The second-order valence-electron chi connectivity index (χ2n) is 8.02. The molecule has 0 aliphatic carbocycles. The number of carbonyl (C=O) groups excluding carboxylic acids is 2. The molecule has 8 heteroatoms. The zero-order valence-corrected chi connectivity index (χ0v) is 18.2. The summed E-state index contributed by atoms with van der Waals surface area (Å²) in [5, 5.41) is 4.35. The maximum atomic E-state index is 12.5. The number of rotatable bonds is 5. The van der Waals surface area contributed by atoms with Gasteiger partial charge in [-0.1, -0.05) is 0 Å². The van der Waals surface area contributed by atoms with Gasteiger partial charge in [0.1, 0.15) is 22.7 Å². The molecular formula is C23H25NO7. The zero-order chi connectivity index (χ0) is 22.8. The van der Waals surface area contributed by atoms with Gasteiger partial charge in [-0.3, -0.25) is 4.79 Å². The Morgan fingerprint density at radius 3 is 2.45 bits per heavy atom. The smallest absolute Gasteiger partial charge is 0.407 e. The lowest BCUT2D eigenvalue weighted by atomic mass is 10.0. The van der Waals surface area contributed by atoms with Gasteiger partial charge >= 0.3 is 17.7 Å². The summed E-state index contributed by atoms with van der Waals surface area (Å²) in [7, 11) is 1.53. The first-order valence-electron chi connectivity index (χ1n) is 9.81. The minimum Gasteiger partial charge on any atom is -0.497 e. The number of methoxy groups -OCH3 is 1. The van der Waals surface area contributed by atoms with Gasteiger partial charge in [0.2, 0.25) is 0 Å². The minimum atomic E-state index is -0.619. The van der Waals surface area contributed by atoms with E-state index in [2.05, 4.69) is 5.32 Å². The SMILES string of the molecule is COc1ccc2c(c1)c(=O)oc1c(C)c(OC(=O)CCNC(=O)OC(C)(C)C)ccc12. The normalized spacial score (nSPS) is 11.4. The van der Waals surface area contributed by atoms with Crippen LogP contribution in [-0.4, -0.2) is 31.3 Å². The van der Waals surface area contributed by atoms with Crippen molar-refractivity contribution in [3.8, 4) is 11.5 Å². The fourth-order valence-corrected chi connectivity index (χ4v) is 3.08. The first-order chi connectivity index (χ1) is 14.6. The predicted octanol–water partition coefficient (Wildman–Crippen LogP) is 4.08. The van der Waals surface area contributed by atoms with Gasteiger partial charge in [-0.05, 0) is 58.0 Å². The Kier molecular flexibility index (Phi) is 6.19. The second kappa shape index (κ2) is 8.67. The Balaban J connectivity index is 1.77. The molecule has 3 aromatic rings. The molecule has 0 aliphatic heterocycles. The van der Waals surface area contributed by atoms with Crippen LogP contribution in [0, 0.1) is 6.92 Å². The number of benzene rings is 2. The van der Waals surface area contributed by atoms with E-state index in [1.54, 1.807) is 58.0 Å². The Hall–Kier alpha value is -3.55. The molecule has 1 aromatic heterocycles.